The first kappa shape index (κ1) is 15.5. The number of nitrogens with one attached hydrogen (secondary N) is 3. The number of carbonyl (C=O) groups excluding carboxylic acids is 1. The van der Waals surface area contributed by atoms with Gasteiger partial charge in [0, 0.05) is 36.2 Å². The summed E-state index contributed by atoms with van der Waals surface area (Å²) in [5, 5.41) is 12.1. The van der Waals surface area contributed by atoms with Crippen LogP contribution >= 0.6 is 0 Å². The molecule has 7 nitrogen and oxygen atoms in total. The lowest BCUT2D eigenvalue weighted by Gasteiger charge is -2.19. The fourth-order valence-electron chi connectivity index (χ4n) is 2.89. The first-order chi connectivity index (χ1) is 10.0. The number of aliphatic hydroxyl groups excluding tert-OH is 1. The molecule has 0 radical (unpaired) electrons. The van der Waals surface area contributed by atoms with Crippen LogP contribution in [0, 0.1) is 12.8 Å². The second-order valence-corrected chi connectivity index (χ2v) is 5.56. The van der Waals surface area contributed by atoms with Gasteiger partial charge in [0.15, 0.2) is 0 Å². The molecule has 1 amide bonds. The lowest BCUT2D eigenvalue weighted by Crippen LogP contribution is -2.39. The minimum Gasteiger partial charge on any atom is -0.396 e. The Hall–Kier alpha value is -1.89. The lowest BCUT2D eigenvalue weighted by molar-refractivity contribution is -0.122. The number of H-pyrrole nitrogens is 2. The minimum atomic E-state index is -0.539. The Balaban J connectivity index is 1.93. The summed E-state index contributed by atoms with van der Waals surface area (Å²) in [4.78, 5) is 39.4. The van der Waals surface area contributed by atoms with E-state index in [-0.39, 0.29) is 37.3 Å². The third-order valence-electron chi connectivity index (χ3n) is 4.10. The largest absolute Gasteiger partial charge is 0.396 e. The zero-order valence-electron chi connectivity index (χ0n) is 12.1. The number of hydrogen-bond donors (Lipinski definition) is 4. The van der Waals surface area contributed by atoms with Crippen LogP contribution in [0.2, 0.25) is 0 Å². The van der Waals surface area contributed by atoms with Crippen LogP contribution < -0.4 is 16.6 Å². The van der Waals surface area contributed by atoms with E-state index in [9.17, 15) is 19.5 Å². The summed E-state index contributed by atoms with van der Waals surface area (Å²) < 4.78 is 0. The van der Waals surface area contributed by atoms with Crippen molar-refractivity contribution in [1.29, 1.82) is 0 Å². The van der Waals surface area contributed by atoms with E-state index in [2.05, 4.69) is 15.3 Å². The molecule has 0 saturated heterocycles. The van der Waals surface area contributed by atoms with Crippen LogP contribution in [0.25, 0.3) is 0 Å². The second-order valence-electron chi connectivity index (χ2n) is 5.56. The highest BCUT2D eigenvalue weighted by molar-refractivity contribution is 5.76. The number of carbonyl (C=O) groups is 1. The number of amides is 1. The molecule has 7 heteroatoms. The molecule has 0 spiro atoms. The van der Waals surface area contributed by atoms with Gasteiger partial charge >= 0.3 is 5.69 Å². The maximum absolute atomic E-state index is 11.9. The summed E-state index contributed by atoms with van der Waals surface area (Å²) >= 11 is 0. The van der Waals surface area contributed by atoms with Gasteiger partial charge in [-0.1, -0.05) is 6.42 Å². The van der Waals surface area contributed by atoms with E-state index in [1.54, 1.807) is 6.92 Å². The normalized spacial score (nSPS) is 21.4. The molecule has 0 aromatic carbocycles. The number of aromatic amines is 2. The number of rotatable bonds is 5. The van der Waals surface area contributed by atoms with Crippen LogP contribution in [-0.2, 0) is 11.2 Å². The van der Waals surface area contributed by atoms with Crippen molar-refractivity contribution in [1.82, 2.24) is 15.3 Å². The van der Waals surface area contributed by atoms with E-state index in [4.69, 9.17) is 0 Å². The van der Waals surface area contributed by atoms with E-state index in [0.29, 0.717) is 11.3 Å². The smallest absolute Gasteiger partial charge is 0.325 e. The van der Waals surface area contributed by atoms with E-state index >= 15 is 0 Å². The Bertz CT molecular complexity index is 619. The first-order valence-electron chi connectivity index (χ1n) is 7.23. The van der Waals surface area contributed by atoms with Gasteiger partial charge in [0.05, 0.1) is 0 Å². The van der Waals surface area contributed by atoms with Crippen molar-refractivity contribution in [2.45, 2.75) is 45.1 Å². The van der Waals surface area contributed by atoms with Crippen molar-refractivity contribution < 1.29 is 9.90 Å². The first-order valence-corrected chi connectivity index (χ1v) is 7.23. The van der Waals surface area contributed by atoms with Crippen molar-refractivity contribution >= 4 is 5.91 Å². The zero-order chi connectivity index (χ0) is 15.4. The quantitative estimate of drug-likeness (QED) is 0.590. The Morgan fingerprint density at radius 3 is 2.76 bits per heavy atom. The molecular formula is C14H21N3O4. The van der Waals surface area contributed by atoms with Crippen molar-refractivity contribution in [3.05, 3.63) is 32.1 Å². The highest BCUT2D eigenvalue weighted by Crippen LogP contribution is 2.25. The fraction of sp³-hybridized carbons (Fsp3) is 0.643. The van der Waals surface area contributed by atoms with Gasteiger partial charge < -0.3 is 15.4 Å². The van der Waals surface area contributed by atoms with Gasteiger partial charge in [-0.2, -0.15) is 0 Å². The summed E-state index contributed by atoms with van der Waals surface area (Å²) in [5.74, 6) is -0.00230. The molecule has 1 aromatic heterocycles. The Kier molecular flexibility index (Phi) is 4.95. The summed E-state index contributed by atoms with van der Waals surface area (Å²) in [6.07, 6.45) is 3.29. The van der Waals surface area contributed by atoms with Gasteiger partial charge in [0.1, 0.15) is 0 Å². The number of aliphatic hydroxyl groups is 1. The third kappa shape index (κ3) is 3.81. The minimum absolute atomic E-state index is 0.0254. The molecule has 2 rings (SSSR count). The summed E-state index contributed by atoms with van der Waals surface area (Å²) in [5.41, 5.74) is -0.0684. The van der Waals surface area contributed by atoms with Gasteiger partial charge in [-0.15, -0.1) is 0 Å². The summed E-state index contributed by atoms with van der Waals surface area (Å²) in [7, 11) is 0. The van der Waals surface area contributed by atoms with E-state index in [1.807, 2.05) is 0 Å². The summed E-state index contributed by atoms with van der Waals surface area (Å²) in [6.45, 7) is 1.73. The van der Waals surface area contributed by atoms with E-state index in [1.165, 1.54) is 0 Å². The van der Waals surface area contributed by atoms with Crippen molar-refractivity contribution in [3.63, 3.8) is 0 Å². The van der Waals surface area contributed by atoms with Crippen LogP contribution in [0.1, 0.15) is 36.9 Å². The predicted molar refractivity (Wildman–Crippen MR) is 77.1 cm³/mol. The van der Waals surface area contributed by atoms with Crippen molar-refractivity contribution in [2.24, 2.45) is 5.92 Å². The monoisotopic (exact) mass is 295 g/mol. The maximum atomic E-state index is 11.9. The highest BCUT2D eigenvalue weighted by Gasteiger charge is 2.27. The van der Waals surface area contributed by atoms with E-state index in [0.717, 1.165) is 19.3 Å². The molecule has 2 atom stereocenters. The van der Waals surface area contributed by atoms with E-state index < -0.39 is 11.2 Å². The van der Waals surface area contributed by atoms with Crippen molar-refractivity contribution in [2.75, 3.05) is 6.61 Å². The molecule has 2 unspecified atom stereocenters. The van der Waals surface area contributed by atoms with Gasteiger partial charge in [-0.3, -0.25) is 14.6 Å². The Morgan fingerprint density at radius 1 is 1.33 bits per heavy atom. The maximum Gasteiger partial charge on any atom is 0.325 e. The van der Waals surface area contributed by atoms with Gasteiger partial charge in [0.25, 0.3) is 5.56 Å². The molecule has 0 bridgehead atoms. The molecule has 21 heavy (non-hydrogen) atoms. The molecule has 1 aliphatic carbocycles. The molecule has 1 saturated carbocycles. The molecule has 0 aliphatic heterocycles. The van der Waals surface area contributed by atoms with Crippen LogP contribution in [-0.4, -0.2) is 33.6 Å². The molecule has 1 aromatic rings. The Labute approximate surface area is 121 Å². The second kappa shape index (κ2) is 6.71. The highest BCUT2D eigenvalue weighted by atomic mass is 16.3. The number of aryl methyl sites for hydroxylation is 1. The molecule has 116 valence electrons. The van der Waals surface area contributed by atoms with Gasteiger partial charge in [0.2, 0.25) is 5.91 Å². The standard InChI is InChI=1S/C14H21N3O4/c1-8-10(13(20)17-14(21)15-8)5-6-12(19)16-11-4-2-3-9(11)7-18/h9,11,18H,2-7H2,1H3,(H,16,19)(H2,15,17,20,21). The van der Waals surface area contributed by atoms with Crippen LogP contribution in [0.15, 0.2) is 9.59 Å². The fourth-order valence-corrected chi connectivity index (χ4v) is 2.89. The van der Waals surface area contributed by atoms with Gasteiger partial charge in [-0.25, -0.2) is 4.79 Å². The molecule has 1 aliphatic rings. The third-order valence-corrected chi connectivity index (χ3v) is 4.10. The SMILES string of the molecule is Cc1[nH]c(=O)[nH]c(=O)c1CCC(=O)NC1CCCC1CO. The summed E-state index contributed by atoms with van der Waals surface area (Å²) in [6, 6.07) is 0.0254. The average Bonchev–Trinajstić information content (AvgIpc) is 2.84. The van der Waals surface area contributed by atoms with Crippen molar-refractivity contribution in [3.8, 4) is 0 Å². The predicted octanol–water partition coefficient (Wildman–Crippen LogP) is -0.419. The lowest BCUT2D eigenvalue weighted by atomic mass is 10.0. The van der Waals surface area contributed by atoms with Crippen LogP contribution in [0.3, 0.4) is 0 Å². The molecule has 1 heterocycles. The number of hydrogen-bond acceptors (Lipinski definition) is 4. The molecular weight excluding hydrogens is 274 g/mol. The molecule has 1 fully saturated rings. The Morgan fingerprint density at radius 2 is 2.10 bits per heavy atom. The molecule has 4 N–H and O–H groups in total. The van der Waals surface area contributed by atoms with Crippen LogP contribution in [0.4, 0.5) is 0 Å². The van der Waals surface area contributed by atoms with Gasteiger partial charge in [-0.05, 0) is 26.2 Å². The average molecular weight is 295 g/mol. The number of aromatic nitrogens is 2. The topological polar surface area (TPSA) is 115 Å². The van der Waals surface area contributed by atoms with Crippen LogP contribution in [0.5, 0.6) is 0 Å². The zero-order valence-corrected chi connectivity index (χ0v) is 12.1.